The van der Waals surface area contributed by atoms with Crippen molar-refractivity contribution in [2.45, 2.75) is 50.2 Å². The lowest BCUT2D eigenvalue weighted by atomic mass is 10.0. The van der Waals surface area contributed by atoms with Crippen LogP contribution in [-0.2, 0) is 27.2 Å². The summed E-state index contributed by atoms with van der Waals surface area (Å²) < 4.78 is 0. The number of carbonyl (C=O) groups is 2. The van der Waals surface area contributed by atoms with Crippen LogP contribution in [0, 0.1) is 0 Å². The number of rotatable bonds is 13. The van der Waals surface area contributed by atoms with Crippen LogP contribution in [0.2, 0.25) is 0 Å². The first-order chi connectivity index (χ1) is 14.5. The normalized spacial score (nSPS) is 13.8. The van der Waals surface area contributed by atoms with Crippen LogP contribution in [0.15, 0.2) is 42.9 Å². The molecule has 0 aliphatic heterocycles. The molecule has 0 unspecified atom stereocenters. The zero-order chi connectivity index (χ0) is 21.8. The summed E-state index contributed by atoms with van der Waals surface area (Å²) in [6.07, 6.45) is 7.40. The van der Waals surface area contributed by atoms with Crippen LogP contribution in [-0.4, -0.2) is 52.7 Å². The zero-order valence-electron chi connectivity index (χ0n) is 16.8. The molecule has 0 spiro atoms. The van der Waals surface area contributed by atoms with Gasteiger partial charge in [0.1, 0.15) is 6.04 Å². The third-order valence-corrected chi connectivity index (χ3v) is 4.64. The molecular weight excluding hydrogens is 384 g/mol. The third-order valence-electron chi connectivity index (χ3n) is 4.64. The standard InChI is InChI=1S/C21H29N6O3/c22-9-5-4-8-16(13-28)26-21(30)19(10-15-6-2-1-3-7-15)27-20(29)18(23)11-17-12-24-14-25-17/h1-3,6-7,12,14,16,18-19H,4-5,8-11,22-23H2,(H,24,25)(H,26,30)(H,27,29)/t16-,18+,19+/m1/s1. The zero-order valence-corrected chi connectivity index (χ0v) is 16.8. The van der Waals surface area contributed by atoms with Crippen molar-refractivity contribution in [3.8, 4) is 0 Å². The van der Waals surface area contributed by atoms with Crippen LogP contribution in [0.4, 0.5) is 0 Å². The van der Waals surface area contributed by atoms with Gasteiger partial charge in [0.15, 0.2) is 0 Å². The molecule has 0 aliphatic carbocycles. The fraction of sp³-hybridized carbons (Fsp3) is 0.429. The number of nitrogens with one attached hydrogen (secondary N) is 3. The first-order valence-corrected chi connectivity index (χ1v) is 9.99. The molecule has 9 nitrogen and oxygen atoms in total. The Kier molecular flexibility index (Phi) is 9.69. The number of nitrogens with zero attached hydrogens (tertiary/aromatic N) is 1. The van der Waals surface area contributed by atoms with Gasteiger partial charge in [-0.15, -0.1) is 0 Å². The molecule has 2 aromatic rings. The molecule has 1 aromatic carbocycles. The van der Waals surface area contributed by atoms with E-state index in [1.807, 2.05) is 36.6 Å². The summed E-state index contributed by atoms with van der Waals surface area (Å²) in [5, 5.41) is 5.37. The molecular formula is C21H29N6O3. The van der Waals surface area contributed by atoms with E-state index in [1.165, 1.54) is 6.33 Å². The fourth-order valence-corrected chi connectivity index (χ4v) is 2.98. The molecule has 1 aromatic heterocycles. The number of H-pyrrole nitrogens is 1. The Balaban J connectivity index is 2.04. The minimum absolute atomic E-state index is 0.235. The lowest BCUT2D eigenvalue weighted by Gasteiger charge is -2.22. The monoisotopic (exact) mass is 413 g/mol. The van der Waals surface area contributed by atoms with Gasteiger partial charge in [-0.3, -0.25) is 14.4 Å². The lowest BCUT2D eigenvalue weighted by Crippen LogP contribution is -2.54. The molecule has 0 saturated carbocycles. The van der Waals surface area contributed by atoms with Crippen molar-refractivity contribution in [1.29, 1.82) is 0 Å². The number of hydrogen-bond donors (Lipinski definition) is 5. The highest BCUT2D eigenvalue weighted by Gasteiger charge is 2.26. The minimum atomic E-state index is -0.879. The van der Waals surface area contributed by atoms with E-state index in [1.54, 1.807) is 6.20 Å². The lowest BCUT2D eigenvalue weighted by molar-refractivity contribution is -0.129. The summed E-state index contributed by atoms with van der Waals surface area (Å²) in [4.78, 5) is 43.5. The maximum atomic E-state index is 12.8. The molecule has 0 aliphatic rings. The van der Waals surface area contributed by atoms with Crippen molar-refractivity contribution in [3.63, 3.8) is 0 Å². The Labute approximate surface area is 176 Å². The number of imidazole rings is 1. The van der Waals surface area contributed by atoms with Gasteiger partial charge in [-0.05, 0) is 31.4 Å². The Morgan fingerprint density at radius 3 is 2.50 bits per heavy atom. The molecule has 30 heavy (non-hydrogen) atoms. The van der Waals surface area contributed by atoms with E-state index in [0.717, 1.165) is 12.0 Å². The smallest absolute Gasteiger partial charge is 0.243 e. The van der Waals surface area contributed by atoms with Crippen LogP contribution in [0.25, 0.3) is 0 Å². The Hall–Kier alpha value is -3.04. The quantitative estimate of drug-likeness (QED) is 0.285. The molecule has 3 atom stereocenters. The van der Waals surface area contributed by atoms with Crippen molar-refractivity contribution in [1.82, 2.24) is 20.6 Å². The summed E-state index contributed by atoms with van der Waals surface area (Å²) >= 11 is 0. The van der Waals surface area contributed by atoms with Gasteiger partial charge in [0.05, 0.1) is 24.1 Å². The van der Waals surface area contributed by atoms with E-state index < -0.39 is 29.9 Å². The summed E-state index contributed by atoms with van der Waals surface area (Å²) in [5.74, 6) is -0.927. The maximum Gasteiger partial charge on any atom is 0.243 e. The van der Waals surface area contributed by atoms with Crippen LogP contribution in [0.1, 0.15) is 30.5 Å². The summed E-state index contributed by atoms with van der Waals surface area (Å²) in [7, 11) is 0. The molecule has 0 saturated heterocycles. The number of nitrogens with two attached hydrogens (primary N) is 2. The van der Waals surface area contributed by atoms with Crippen LogP contribution < -0.4 is 22.1 Å². The van der Waals surface area contributed by atoms with Gasteiger partial charge >= 0.3 is 0 Å². The largest absolute Gasteiger partial charge is 0.351 e. The number of carbonyl (C=O) groups excluding carboxylic acids is 3. The molecule has 9 heteroatoms. The summed E-state index contributed by atoms with van der Waals surface area (Å²) in [6, 6.07) is 6.80. The predicted octanol–water partition coefficient (Wildman–Crippen LogP) is -0.269. The third kappa shape index (κ3) is 7.76. The van der Waals surface area contributed by atoms with Crippen molar-refractivity contribution in [3.05, 3.63) is 54.1 Å². The van der Waals surface area contributed by atoms with E-state index in [9.17, 15) is 14.4 Å². The number of amides is 2. The van der Waals surface area contributed by atoms with Crippen LogP contribution in [0.3, 0.4) is 0 Å². The van der Waals surface area contributed by atoms with E-state index in [-0.39, 0.29) is 12.8 Å². The fourth-order valence-electron chi connectivity index (χ4n) is 2.98. The van der Waals surface area contributed by atoms with Gasteiger partial charge in [-0.25, -0.2) is 4.98 Å². The van der Waals surface area contributed by atoms with Gasteiger partial charge in [-0.2, -0.15) is 0 Å². The number of benzene rings is 1. The Bertz CT molecular complexity index is 781. The van der Waals surface area contributed by atoms with E-state index in [4.69, 9.17) is 11.5 Å². The molecule has 1 heterocycles. The van der Waals surface area contributed by atoms with Gasteiger partial charge in [-0.1, -0.05) is 30.3 Å². The average Bonchev–Trinajstić information content (AvgIpc) is 3.26. The molecule has 161 valence electrons. The highest BCUT2D eigenvalue weighted by atomic mass is 16.2. The second-order valence-corrected chi connectivity index (χ2v) is 7.09. The Morgan fingerprint density at radius 1 is 1.10 bits per heavy atom. The van der Waals surface area contributed by atoms with E-state index in [0.29, 0.717) is 25.1 Å². The topological polar surface area (TPSA) is 156 Å². The molecule has 2 amide bonds. The van der Waals surface area contributed by atoms with Crippen LogP contribution in [0.5, 0.6) is 0 Å². The predicted molar refractivity (Wildman–Crippen MR) is 113 cm³/mol. The SMILES string of the molecule is NCCCC[C@H]([C]=O)NC(=O)[C@H](Cc1ccccc1)NC(=O)[C@@H](N)Cc1c[nH]cn1. The second kappa shape index (κ2) is 12.5. The molecule has 0 bridgehead atoms. The minimum Gasteiger partial charge on any atom is -0.351 e. The van der Waals surface area contributed by atoms with E-state index in [2.05, 4.69) is 20.6 Å². The van der Waals surface area contributed by atoms with Crippen molar-refractivity contribution in [2.75, 3.05) is 6.54 Å². The number of aromatic amines is 1. The maximum absolute atomic E-state index is 12.8. The van der Waals surface area contributed by atoms with Crippen molar-refractivity contribution in [2.24, 2.45) is 11.5 Å². The first-order valence-electron chi connectivity index (χ1n) is 9.99. The molecule has 1 radical (unpaired) electrons. The first kappa shape index (κ1) is 23.2. The molecule has 0 fully saturated rings. The summed E-state index contributed by atoms with van der Waals surface area (Å²) in [5.41, 5.74) is 13.0. The number of hydrogen-bond acceptors (Lipinski definition) is 6. The number of aromatic nitrogens is 2. The van der Waals surface area contributed by atoms with Crippen molar-refractivity contribution >= 4 is 18.1 Å². The highest BCUT2D eigenvalue weighted by molar-refractivity contribution is 5.91. The van der Waals surface area contributed by atoms with E-state index >= 15 is 0 Å². The second-order valence-electron chi connectivity index (χ2n) is 7.09. The van der Waals surface area contributed by atoms with Gasteiger partial charge in [0.25, 0.3) is 0 Å². The Morgan fingerprint density at radius 2 is 1.87 bits per heavy atom. The van der Waals surface area contributed by atoms with Gasteiger partial charge in [0, 0.05) is 19.0 Å². The molecule has 2 rings (SSSR count). The van der Waals surface area contributed by atoms with Gasteiger partial charge < -0.3 is 27.1 Å². The van der Waals surface area contributed by atoms with Gasteiger partial charge in [0.2, 0.25) is 18.1 Å². The van der Waals surface area contributed by atoms with Crippen LogP contribution >= 0.6 is 0 Å². The van der Waals surface area contributed by atoms with Crippen molar-refractivity contribution < 1.29 is 14.4 Å². The average molecular weight is 414 g/mol. The molecule has 7 N–H and O–H groups in total. The highest BCUT2D eigenvalue weighted by Crippen LogP contribution is 2.06. The summed E-state index contributed by atoms with van der Waals surface area (Å²) in [6.45, 7) is 0.514. The number of unbranched alkanes of at least 4 members (excludes halogenated alkanes) is 1.